The normalized spacial score (nSPS) is 14.4. The molecule has 1 N–H and O–H groups in total. The Morgan fingerprint density at radius 3 is 2.41 bits per heavy atom. The van der Waals surface area contributed by atoms with E-state index in [-0.39, 0.29) is 5.82 Å². The maximum Gasteiger partial charge on any atom is 0.226 e. The molecule has 1 aromatic heterocycles. The van der Waals surface area contributed by atoms with Gasteiger partial charge in [0.1, 0.15) is 5.82 Å². The molecule has 1 aliphatic heterocycles. The van der Waals surface area contributed by atoms with Gasteiger partial charge in [-0.05, 0) is 18.2 Å². The summed E-state index contributed by atoms with van der Waals surface area (Å²) in [6.45, 7) is 3.33. The second-order valence-corrected chi connectivity index (χ2v) is 6.31. The van der Waals surface area contributed by atoms with Crippen molar-refractivity contribution in [3.05, 3.63) is 42.2 Å². The van der Waals surface area contributed by atoms with Gasteiger partial charge in [0, 0.05) is 43.2 Å². The monoisotopic (exact) mass is 368 g/mol. The molecule has 0 spiro atoms. The number of hydrogen-bond acceptors (Lipinski definition) is 6. The van der Waals surface area contributed by atoms with Crippen molar-refractivity contribution in [1.29, 1.82) is 0 Å². The number of piperazine rings is 1. The number of ether oxygens (including phenoxy) is 2. The molecule has 0 unspecified atom stereocenters. The van der Waals surface area contributed by atoms with E-state index in [9.17, 15) is 4.39 Å². The number of aromatic nitrogens is 2. The van der Waals surface area contributed by atoms with Gasteiger partial charge in [-0.15, -0.1) is 0 Å². The van der Waals surface area contributed by atoms with Crippen LogP contribution in [-0.4, -0.2) is 50.4 Å². The van der Waals surface area contributed by atoms with Gasteiger partial charge in [0.15, 0.2) is 11.5 Å². The zero-order valence-corrected chi connectivity index (χ0v) is 15.3. The van der Waals surface area contributed by atoms with E-state index in [1.165, 1.54) is 6.07 Å². The average molecular weight is 368 g/mol. The predicted octanol–water partition coefficient (Wildman–Crippen LogP) is 2.86. The van der Waals surface area contributed by atoms with E-state index in [4.69, 9.17) is 19.4 Å². The molecule has 0 atom stereocenters. The number of halogens is 1. The molecule has 1 saturated heterocycles. The molecule has 140 valence electrons. The molecule has 0 radical (unpaired) electrons. The minimum atomic E-state index is -0.321. The van der Waals surface area contributed by atoms with E-state index < -0.39 is 0 Å². The number of rotatable bonds is 4. The van der Waals surface area contributed by atoms with Gasteiger partial charge in [-0.1, -0.05) is 12.1 Å². The van der Waals surface area contributed by atoms with Crippen molar-refractivity contribution in [1.82, 2.24) is 15.3 Å². The third-order valence-electron chi connectivity index (χ3n) is 4.72. The number of nitrogens with zero attached hydrogens (tertiary/aromatic N) is 3. The maximum absolute atomic E-state index is 14.6. The molecular weight excluding hydrogens is 347 g/mol. The largest absolute Gasteiger partial charge is 0.493 e. The molecule has 4 rings (SSSR count). The van der Waals surface area contributed by atoms with Crippen molar-refractivity contribution >= 4 is 16.9 Å². The Hall–Kier alpha value is -2.93. The van der Waals surface area contributed by atoms with Crippen molar-refractivity contribution in [2.45, 2.75) is 0 Å². The van der Waals surface area contributed by atoms with Crippen molar-refractivity contribution in [2.24, 2.45) is 0 Å². The van der Waals surface area contributed by atoms with Gasteiger partial charge in [0.2, 0.25) is 5.95 Å². The van der Waals surface area contributed by atoms with E-state index in [2.05, 4.69) is 10.2 Å². The van der Waals surface area contributed by atoms with Gasteiger partial charge in [0.25, 0.3) is 0 Å². The van der Waals surface area contributed by atoms with Gasteiger partial charge in [0.05, 0.1) is 25.4 Å². The highest BCUT2D eigenvalue weighted by Crippen LogP contribution is 2.37. The number of methoxy groups -OCH3 is 2. The fraction of sp³-hybridized carbons (Fsp3) is 0.300. The third kappa shape index (κ3) is 3.26. The van der Waals surface area contributed by atoms with Gasteiger partial charge in [-0.2, -0.15) is 0 Å². The molecule has 7 heteroatoms. The van der Waals surface area contributed by atoms with Crippen molar-refractivity contribution < 1.29 is 13.9 Å². The van der Waals surface area contributed by atoms with Crippen LogP contribution >= 0.6 is 0 Å². The molecule has 2 aromatic carbocycles. The summed E-state index contributed by atoms with van der Waals surface area (Å²) in [5.74, 6) is 1.41. The summed E-state index contributed by atoms with van der Waals surface area (Å²) in [5, 5.41) is 4.04. The SMILES string of the molecule is COc1cc2nc(N3CCNCC3)nc(-c3ccccc3F)c2cc1OC. The lowest BCUT2D eigenvalue weighted by atomic mass is 10.1. The third-order valence-corrected chi connectivity index (χ3v) is 4.72. The number of hydrogen-bond donors (Lipinski definition) is 1. The summed E-state index contributed by atoms with van der Waals surface area (Å²) in [4.78, 5) is 11.6. The average Bonchev–Trinajstić information content (AvgIpc) is 2.73. The molecule has 27 heavy (non-hydrogen) atoms. The van der Waals surface area contributed by atoms with Crippen LogP contribution in [0.3, 0.4) is 0 Å². The number of nitrogens with one attached hydrogen (secondary N) is 1. The molecule has 1 fully saturated rings. The minimum Gasteiger partial charge on any atom is -0.493 e. The van der Waals surface area contributed by atoms with Crippen molar-refractivity contribution in [3.8, 4) is 22.8 Å². The van der Waals surface area contributed by atoms with Gasteiger partial charge >= 0.3 is 0 Å². The second kappa shape index (κ2) is 7.36. The number of fused-ring (bicyclic) bond motifs is 1. The summed E-state index contributed by atoms with van der Waals surface area (Å²) in [5.41, 5.74) is 1.68. The summed E-state index contributed by atoms with van der Waals surface area (Å²) in [6.07, 6.45) is 0. The summed E-state index contributed by atoms with van der Waals surface area (Å²) in [6, 6.07) is 10.3. The maximum atomic E-state index is 14.6. The topological polar surface area (TPSA) is 59.5 Å². The van der Waals surface area contributed by atoms with Crippen LogP contribution < -0.4 is 19.7 Å². The zero-order chi connectivity index (χ0) is 18.8. The molecule has 1 aliphatic rings. The molecule has 6 nitrogen and oxygen atoms in total. The Morgan fingerprint density at radius 1 is 1.00 bits per heavy atom. The smallest absolute Gasteiger partial charge is 0.226 e. The van der Waals surface area contributed by atoms with Crippen LogP contribution in [0.5, 0.6) is 11.5 Å². The van der Waals surface area contributed by atoms with Crippen LogP contribution in [0.1, 0.15) is 0 Å². The number of benzene rings is 2. The van der Waals surface area contributed by atoms with E-state index in [1.54, 1.807) is 38.5 Å². The summed E-state index contributed by atoms with van der Waals surface area (Å²) in [7, 11) is 3.16. The lowest BCUT2D eigenvalue weighted by molar-refractivity contribution is 0.356. The second-order valence-electron chi connectivity index (χ2n) is 6.31. The van der Waals surface area contributed by atoms with Crippen LogP contribution in [0.15, 0.2) is 36.4 Å². The van der Waals surface area contributed by atoms with Crippen molar-refractivity contribution in [3.63, 3.8) is 0 Å². The van der Waals surface area contributed by atoms with E-state index in [0.717, 1.165) is 31.6 Å². The quantitative estimate of drug-likeness (QED) is 0.764. The standard InChI is InChI=1S/C20H21FN4O2/c1-26-17-11-14-16(12-18(17)27-2)23-20(25-9-7-22-8-10-25)24-19(14)13-5-3-4-6-15(13)21/h3-6,11-12,22H,7-10H2,1-2H3. The van der Waals surface area contributed by atoms with E-state index in [0.29, 0.717) is 34.2 Å². The Kier molecular flexibility index (Phi) is 4.77. The van der Waals surface area contributed by atoms with Crippen molar-refractivity contribution in [2.75, 3.05) is 45.3 Å². The molecular formula is C20H21FN4O2. The molecule has 0 saturated carbocycles. The molecule has 0 bridgehead atoms. The lowest BCUT2D eigenvalue weighted by Crippen LogP contribution is -2.44. The highest BCUT2D eigenvalue weighted by atomic mass is 19.1. The highest BCUT2D eigenvalue weighted by molar-refractivity contribution is 5.95. The summed E-state index contributed by atoms with van der Waals surface area (Å²) >= 11 is 0. The predicted molar refractivity (Wildman–Crippen MR) is 103 cm³/mol. The summed E-state index contributed by atoms with van der Waals surface area (Å²) < 4.78 is 25.4. The Morgan fingerprint density at radius 2 is 1.70 bits per heavy atom. The first-order chi connectivity index (χ1) is 13.2. The van der Waals surface area contributed by atoms with Crippen LogP contribution in [0.25, 0.3) is 22.2 Å². The lowest BCUT2D eigenvalue weighted by Gasteiger charge is -2.28. The first kappa shape index (κ1) is 17.5. The van der Waals surface area contributed by atoms with Gasteiger partial charge < -0.3 is 19.7 Å². The molecule has 3 aromatic rings. The fourth-order valence-corrected chi connectivity index (χ4v) is 3.31. The first-order valence-corrected chi connectivity index (χ1v) is 8.85. The first-order valence-electron chi connectivity index (χ1n) is 8.85. The zero-order valence-electron chi connectivity index (χ0n) is 15.3. The Balaban J connectivity index is 1.98. The Bertz CT molecular complexity index is 974. The molecule has 0 aliphatic carbocycles. The molecule has 0 amide bonds. The van der Waals surface area contributed by atoms with Crippen LogP contribution in [0.4, 0.5) is 10.3 Å². The fourth-order valence-electron chi connectivity index (χ4n) is 3.31. The Labute approximate surface area is 156 Å². The van der Waals surface area contributed by atoms with E-state index in [1.807, 2.05) is 6.07 Å². The number of anilines is 1. The van der Waals surface area contributed by atoms with Crippen LogP contribution in [0, 0.1) is 5.82 Å². The van der Waals surface area contributed by atoms with Gasteiger partial charge in [-0.3, -0.25) is 0 Å². The van der Waals surface area contributed by atoms with E-state index >= 15 is 0 Å². The molecule has 2 heterocycles. The van der Waals surface area contributed by atoms with Gasteiger partial charge in [-0.25, -0.2) is 14.4 Å². The van der Waals surface area contributed by atoms with Crippen LogP contribution in [-0.2, 0) is 0 Å². The highest BCUT2D eigenvalue weighted by Gasteiger charge is 2.20. The minimum absolute atomic E-state index is 0.321. The van der Waals surface area contributed by atoms with Crippen LogP contribution in [0.2, 0.25) is 0 Å².